The molecular weight excluding hydrogens is 308 g/mol. The van der Waals surface area contributed by atoms with Crippen molar-refractivity contribution in [3.8, 4) is 5.75 Å². The van der Waals surface area contributed by atoms with E-state index in [1.807, 2.05) is 55.2 Å². The zero-order chi connectivity index (χ0) is 16.1. The van der Waals surface area contributed by atoms with Crippen LogP contribution in [0.15, 0.2) is 52.4 Å². The summed E-state index contributed by atoms with van der Waals surface area (Å²) in [4.78, 5) is 16.6. The molecule has 3 rings (SSSR count). The third-order valence-corrected chi connectivity index (χ3v) is 4.88. The first kappa shape index (κ1) is 15.9. The number of aryl methyl sites for hydroxylation is 1. The van der Waals surface area contributed by atoms with Crippen molar-refractivity contribution in [3.05, 3.63) is 64.1 Å². The van der Waals surface area contributed by atoms with E-state index in [1.54, 1.807) is 6.07 Å². The van der Waals surface area contributed by atoms with E-state index in [0.29, 0.717) is 12.4 Å². The molecule has 0 bridgehead atoms. The second kappa shape index (κ2) is 7.51. The van der Waals surface area contributed by atoms with Crippen molar-refractivity contribution in [2.24, 2.45) is 4.99 Å². The van der Waals surface area contributed by atoms with E-state index in [4.69, 9.17) is 4.74 Å². The molecule has 120 valence electrons. The van der Waals surface area contributed by atoms with Gasteiger partial charge in [0.25, 0.3) is 0 Å². The van der Waals surface area contributed by atoms with Crippen LogP contribution < -0.4 is 10.2 Å². The second-order valence-corrected chi connectivity index (χ2v) is 6.60. The maximum atomic E-state index is 12.1. The third-order valence-electron chi connectivity index (χ3n) is 3.83. The van der Waals surface area contributed by atoms with E-state index in [0.717, 1.165) is 36.5 Å². The monoisotopic (exact) mass is 328 g/mol. The SMILES string of the molecule is Cc1c(OCc2ccccc2)c(=O)ccn1CCC1=NCCS1. The summed E-state index contributed by atoms with van der Waals surface area (Å²) in [7, 11) is 0. The van der Waals surface area contributed by atoms with Crippen molar-refractivity contribution in [1.29, 1.82) is 0 Å². The fourth-order valence-corrected chi connectivity index (χ4v) is 3.38. The molecule has 0 saturated carbocycles. The van der Waals surface area contributed by atoms with Gasteiger partial charge in [-0.25, -0.2) is 0 Å². The maximum Gasteiger partial charge on any atom is 0.223 e. The van der Waals surface area contributed by atoms with Crippen molar-refractivity contribution in [3.63, 3.8) is 0 Å². The Morgan fingerprint density at radius 1 is 1.26 bits per heavy atom. The fourth-order valence-electron chi connectivity index (χ4n) is 2.55. The number of hydrogen-bond acceptors (Lipinski definition) is 4. The minimum Gasteiger partial charge on any atom is -0.483 e. The lowest BCUT2D eigenvalue weighted by Crippen LogP contribution is -2.15. The van der Waals surface area contributed by atoms with Crippen LogP contribution in [0.4, 0.5) is 0 Å². The van der Waals surface area contributed by atoms with Gasteiger partial charge in [0.15, 0.2) is 5.75 Å². The van der Waals surface area contributed by atoms with E-state index >= 15 is 0 Å². The van der Waals surface area contributed by atoms with Crippen LogP contribution >= 0.6 is 11.8 Å². The Bertz CT molecular complexity index is 753. The molecule has 5 heteroatoms. The molecule has 0 saturated heterocycles. The van der Waals surface area contributed by atoms with Gasteiger partial charge in [-0.3, -0.25) is 9.79 Å². The Morgan fingerprint density at radius 3 is 2.83 bits per heavy atom. The zero-order valence-corrected chi connectivity index (χ0v) is 14.0. The summed E-state index contributed by atoms with van der Waals surface area (Å²) in [6.07, 6.45) is 2.75. The number of benzene rings is 1. The number of nitrogens with zero attached hydrogens (tertiary/aromatic N) is 2. The molecule has 0 N–H and O–H groups in total. The number of rotatable bonds is 6. The Hall–Kier alpha value is -2.01. The largest absolute Gasteiger partial charge is 0.483 e. The summed E-state index contributed by atoms with van der Waals surface area (Å²) in [6.45, 7) is 4.09. The average molecular weight is 328 g/mol. The van der Waals surface area contributed by atoms with Crippen LogP contribution in [0.3, 0.4) is 0 Å². The van der Waals surface area contributed by atoms with Gasteiger partial charge in [0, 0.05) is 37.5 Å². The van der Waals surface area contributed by atoms with Gasteiger partial charge in [-0.05, 0) is 12.5 Å². The molecule has 0 aliphatic carbocycles. The normalized spacial score (nSPS) is 13.9. The molecule has 23 heavy (non-hydrogen) atoms. The van der Waals surface area contributed by atoms with Gasteiger partial charge in [-0.2, -0.15) is 0 Å². The molecule has 0 amide bonds. The van der Waals surface area contributed by atoms with E-state index in [9.17, 15) is 4.79 Å². The highest BCUT2D eigenvalue weighted by Crippen LogP contribution is 2.18. The Balaban J connectivity index is 1.71. The number of thioether (sulfide) groups is 1. The van der Waals surface area contributed by atoms with Crippen molar-refractivity contribution in [2.45, 2.75) is 26.5 Å². The average Bonchev–Trinajstić information content (AvgIpc) is 3.08. The predicted octanol–water partition coefficient (Wildman–Crippen LogP) is 3.27. The number of aromatic nitrogens is 1. The lowest BCUT2D eigenvalue weighted by Gasteiger charge is -2.15. The van der Waals surface area contributed by atoms with Crippen LogP contribution in [0.5, 0.6) is 5.75 Å². The smallest absolute Gasteiger partial charge is 0.223 e. The molecule has 4 nitrogen and oxygen atoms in total. The second-order valence-electron chi connectivity index (χ2n) is 5.44. The third kappa shape index (κ3) is 4.05. The summed E-state index contributed by atoms with van der Waals surface area (Å²) < 4.78 is 7.87. The number of pyridine rings is 1. The van der Waals surface area contributed by atoms with Crippen LogP contribution in [0.1, 0.15) is 17.7 Å². The Kier molecular flexibility index (Phi) is 5.18. The van der Waals surface area contributed by atoms with Crippen LogP contribution in [-0.2, 0) is 13.2 Å². The molecule has 0 unspecified atom stereocenters. The van der Waals surface area contributed by atoms with E-state index in [2.05, 4.69) is 9.56 Å². The van der Waals surface area contributed by atoms with E-state index in [-0.39, 0.29) is 5.43 Å². The lowest BCUT2D eigenvalue weighted by molar-refractivity contribution is 0.297. The summed E-state index contributed by atoms with van der Waals surface area (Å²) >= 11 is 1.83. The van der Waals surface area contributed by atoms with Gasteiger partial charge in [0.1, 0.15) is 6.61 Å². The highest BCUT2D eigenvalue weighted by Gasteiger charge is 2.11. The molecule has 0 radical (unpaired) electrons. The molecule has 0 fully saturated rings. The number of hydrogen-bond donors (Lipinski definition) is 0. The minimum absolute atomic E-state index is 0.0673. The van der Waals surface area contributed by atoms with Gasteiger partial charge in [-0.15, -0.1) is 11.8 Å². The fraction of sp³-hybridized carbons (Fsp3) is 0.333. The summed E-state index contributed by atoms with van der Waals surface area (Å²) in [5.41, 5.74) is 1.86. The Morgan fingerprint density at radius 2 is 2.09 bits per heavy atom. The molecule has 0 spiro atoms. The van der Waals surface area contributed by atoms with E-state index in [1.165, 1.54) is 5.04 Å². The van der Waals surface area contributed by atoms with Crippen molar-refractivity contribution in [2.75, 3.05) is 12.3 Å². The first-order chi connectivity index (χ1) is 11.2. The van der Waals surface area contributed by atoms with E-state index < -0.39 is 0 Å². The van der Waals surface area contributed by atoms with Crippen LogP contribution in [0.2, 0.25) is 0 Å². The molecule has 1 aromatic heterocycles. The highest BCUT2D eigenvalue weighted by atomic mass is 32.2. The van der Waals surface area contributed by atoms with Crippen molar-refractivity contribution < 1.29 is 4.74 Å². The molecular formula is C18H20N2O2S. The van der Waals surface area contributed by atoms with Crippen LogP contribution in [0.25, 0.3) is 0 Å². The standard InChI is InChI=1S/C18H20N2O2S/c1-14-18(22-13-15-5-3-2-4-6-15)16(21)7-10-20(14)11-8-17-19-9-12-23-17/h2-7,10H,8-9,11-13H2,1H3. The Labute approximate surface area is 140 Å². The summed E-state index contributed by atoms with van der Waals surface area (Å²) in [6, 6.07) is 11.5. The van der Waals surface area contributed by atoms with Gasteiger partial charge in [0.05, 0.1) is 10.7 Å². The highest BCUT2D eigenvalue weighted by molar-refractivity contribution is 8.14. The molecule has 1 aromatic carbocycles. The van der Waals surface area contributed by atoms with Gasteiger partial charge < -0.3 is 9.30 Å². The topological polar surface area (TPSA) is 43.6 Å². The summed E-state index contributed by atoms with van der Waals surface area (Å²) in [5.74, 6) is 1.53. The molecule has 1 aliphatic rings. The first-order valence-corrected chi connectivity index (χ1v) is 8.75. The van der Waals surface area contributed by atoms with Gasteiger partial charge in [-0.1, -0.05) is 30.3 Å². The lowest BCUT2D eigenvalue weighted by atomic mass is 10.2. The van der Waals surface area contributed by atoms with Crippen LogP contribution in [0, 0.1) is 6.92 Å². The van der Waals surface area contributed by atoms with Crippen molar-refractivity contribution >= 4 is 16.8 Å². The molecule has 0 atom stereocenters. The first-order valence-electron chi connectivity index (χ1n) is 7.77. The zero-order valence-electron chi connectivity index (χ0n) is 13.2. The molecule has 1 aliphatic heterocycles. The predicted molar refractivity (Wildman–Crippen MR) is 95.6 cm³/mol. The quantitative estimate of drug-likeness (QED) is 0.817. The number of ether oxygens (including phenoxy) is 1. The van der Waals surface area contributed by atoms with Crippen LogP contribution in [-0.4, -0.2) is 21.9 Å². The molecule has 2 heterocycles. The van der Waals surface area contributed by atoms with Crippen molar-refractivity contribution in [1.82, 2.24) is 4.57 Å². The number of aliphatic imine (C=N–C) groups is 1. The minimum atomic E-state index is -0.0673. The summed E-state index contributed by atoms with van der Waals surface area (Å²) in [5, 5.41) is 1.20. The van der Waals surface area contributed by atoms with Gasteiger partial charge in [0.2, 0.25) is 5.43 Å². The maximum absolute atomic E-state index is 12.1. The molecule has 2 aromatic rings. The van der Waals surface area contributed by atoms with Gasteiger partial charge >= 0.3 is 0 Å².